The van der Waals surface area contributed by atoms with Gasteiger partial charge in [-0.25, -0.2) is 0 Å². The van der Waals surface area contributed by atoms with E-state index in [1.807, 2.05) is 0 Å². The van der Waals surface area contributed by atoms with Crippen LogP contribution in [-0.2, 0) is 4.74 Å². The summed E-state index contributed by atoms with van der Waals surface area (Å²) in [6.45, 7) is 6.68. The first-order valence-electron chi connectivity index (χ1n) is 6.52. The minimum Gasteiger partial charge on any atom is -0.388 e. The summed E-state index contributed by atoms with van der Waals surface area (Å²) in [5.41, 5.74) is -0.500. The summed E-state index contributed by atoms with van der Waals surface area (Å²) in [5, 5.41) is 14.0. The van der Waals surface area contributed by atoms with Crippen LogP contribution < -0.4 is 5.32 Å². The van der Waals surface area contributed by atoms with Crippen LogP contribution in [0.2, 0.25) is 0 Å². The van der Waals surface area contributed by atoms with Gasteiger partial charge in [0.2, 0.25) is 0 Å². The summed E-state index contributed by atoms with van der Waals surface area (Å²) in [6.07, 6.45) is 4.53. The minimum atomic E-state index is -0.500. The van der Waals surface area contributed by atoms with Crippen LogP contribution in [0.5, 0.6) is 0 Å². The van der Waals surface area contributed by atoms with E-state index in [0.717, 1.165) is 19.4 Å². The van der Waals surface area contributed by atoms with E-state index < -0.39 is 5.60 Å². The fourth-order valence-electron chi connectivity index (χ4n) is 2.90. The molecule has 3 heteroatoms. The van der Waals surface area contributed by atoms with E-state index in [1.54, 1.807) is 7.11 Å². The second kappa shape index (κ2) is 6.58. The van der Waals surface area contributed by atoms with Crippen molar-refractivity contribution in [3.63, 3.8) is 0 Å². The molecule has 3 nitrogen and oxygen atoms in total. The highest BCUT2D eigenvalue weighted by atomic mass is 16.5. The molecule has 2 atom stereocenters. The Morgan fingerprint density at radius 3 is 2.81 bits per heavy atom. The van der Waals surface area contributed by atoms with Gasteiger partial charge in [-0.2, -0.15) is 0 Å². The van der Waals surface area contributed by atoms with Crippen LogP contribution in [0.4, 0.5) is 0 Å². The third-order valence-corrected chi connectivity index (χ3v) is 3.78. The average Bonchev–Trinajstić information content (AvgIpc) is 2.25. The van der Waals surface area contributed by atoms with E-state index >= 15 is 0 Å². The molecule has 2 unspecified atom stereocenters. The van der Waals surface area contributed by atoms with E-state index in [-0.39, 0.29) is 0 Å². The smallest absolute Gasteiger partial charge is 0.0801 e. The quantitative estimate of drug-likeness (QED) is 0.682. The molecule has 0 bridgehead atoms. The Bertz CT molecular complexity index is 196. The maximum atomic E-state index is 10.7. The van der Waals surface area contributed by atoms with E-state index in [0.29, 0.717) is 25.0 Å². The molecule has 1 aliphatic rings. The molecular formula is C13H27NO2. The van der Waals surface area contributed by atoms with E-state index in [2.05, 4.69) is 19.2 Å². The molecule has 0 aliphatic heterocycles. The maximum Gasteiger partial charge on any atom is 0.0801 e. The summed E-state index contributed by atoms with van der Waals surface area (Å²) < 4.78 is 4.99. The molecule has 0 spiro atoms. The summed E-state index contributed by atoms with van der Waals surface area (Å²) in [5.74, 6) is 1.01. The maximum absolute atomic E-state index is 10.7. The lowest BCUT2D eigenvalue weighted by Crippen LogP contribution is -2.50. The van der Waals surface area contributed by atoms with Crippen molar-refractivity contribution in [1.82, 2.24) is 5.32 Å². The number of hydrogen-bond acceptors (Lipinski definition) is 3. The number of nitrogens with one attached hydrogen (secondary N) is 1. The second-order valence-electron chi connectivity index (χ2n) is 5.37. The van der Waals surface area contributed by atoms with Gasteiger partial charge in [0.15, 0.2) is 0 Å². The first-order chi connectivity index (χ1) is 7.60. The normalized spacial score (nSPS) is 30.9. The van der Waals surface area contributed by atoms with Crippen molar-refractivity contribution in [3.8, 4) is 0 Å². The van der Waals surface area contributed by atoms with Crippen LogP contribution >= 0.6 is 0 Å². The molecule has 0 saturated heterocycles. The summed E-state index contributed by atoms with van der Waals surface area (Å²) >= 11 is 0. The molecule has 0 radical (unpaired) electrons. The van der Waals surface area contributed by atoms with Gasteiger partial charge in [-0.15, -0.1) is 0 Å². The summed E-state index contributed by atoms with van der Waals surface area (Å²) in [7, 11) is 1.70. The highest BCUT2D eigenvalue weighted by Crippen LogP contribution is 2.37. The van der Waals surface area contributed by atoms with Crippen molar-refractivity contribution in [2.75, 3.05) is 26.8 Å². The highest BCUT2D eigenvalue weighted by Gasteiger charge is 2.39. The number of ether oxygens (including phenoxy) is 1. The van der Waals surface area contributed by atoms with Crippen LogP contribution in [0, 0.1) is 11.8 Å². The zero-order valence-corrected chi connectivity index (χ0v) is 11.0. The first kappa shape index (κ1) is 13.9. The highest BCUT2D eigenvalue weighted by molar-refractivity contribution is 4.93. The van der Waals surface area contributed by atoms with Crippen molar-refractivity contribution in [2.45, 2.75) is 45.1 Å². The Labute approximate surface area is 99.6 Å². The van der Waals surface area contributed by atoms with Crippen LogP contribution in [0.25, 0.3) is 0 Å². The Morgan fingerprint density at radius 1 is 1.44 bits per heavy atom. The lowest BCUT2D eigenvalue weighted by Gasteiger charge is -2.42. The van der Waals surface area contributed by atoms with Gasteiger partial charge in [-0.1, -0.05) is 26.7 Å². The van der Waals surface area contributed by atoms with Crippen molar-refractivity contribution in [3.05, 3.63) is 0 Å². The molecule has 2 N–H and O–H groups in total. The van der Waals surface area contributed by atoms with Crippen molar-refractivity contribution in [1.29, 1.82) is 0 Å². The molecule has 0 aromatic rings. The Hall–Kier alpha value is -0.120. The molecule has 1 fully saturated rings. The second-order valence-corrected chi connectivity index (χ2v) is 5.37. The van der Waals surface area contributed by atoms with Gasteiger partial charge in [0.25, 0.3) is 0 Å². The Morgan fingerprint density at radius 2 is 2.19 bits per heavy atom. The van der Waals surface area contributed by atoms with Gasteiger partial charge < -0.3 is 15.2 Å². The molecule has 1 rings (SSSR count). The van der Waals surface area contributed by atoms with Crippen molar-refractivity contribution in [2.24, 2.45) is 11.8 Å². The third-order valence-electron chi connectivity index (χ3n) is 3.78. The van der Waals surface area contributed by atoms with Gasteiger partial charge >= 0.3 is 0 Å². The monoisotopic (exact) mass is 229 g/mol. The largest absolute Gasteiger partial charge is 0.388 e. The van der Waals surface area contributed by atoms with Crippen LogP contribution in [0.3, 0.4) is 0 Å². The fourth-order valence-corrected chi connectivity index (χ4v) is 2.90. The number of hydrogen-bond donors (Lipinski definition) is 2. The van der Waals surface area contributed by atoms with Gasteiger partial charge in [-0.05, 0) is 24.7 Å². The van der Waals surface area contributed by atoms with Gasteiger partial charge in [0.1, 0.15) is 0 Å². The lowest BCUT2D eigenvalue weighted by molar-refractivity contribution is -0.0642. The van der Waals surface area contributed by atoms with Crippen LogP contribution in [0.1, 0.15) is 39.5 Å². The molecule has 1 aliphatic carbocycles. The molecule has 0 aromatic carbocycles. The van der Waals surface area contributed by atoms with Crippen molar-refractivity contribution < 1.29 is 9.84 Å². The molecular weight excluding hydrogens is 202 g/mol. The van der Waals surface area contributed by atoms with Crippen molar-refractivity contribution >= 4 is 0 Å². The number of methoxy groups -OCH3 is 1. The van der Waals surface area contributed by atoms with E-state index in [4.69, 9.17) is 4.74 Å². The average molecular weight is 229 g/mol. The number of aliphatic hydroxyl groups is 1. The minimum absolute atomic E-state index is 0.441. The standard InChI is InChI=1S/C13H27NO2/c1-11(2)12-6-4-5-7-13(12,15)10-14-8-9-16-3/h11-12,14-15H,4-10H2,1-3H3. The molecule has 0 amide bonds. The van der Waals surface area contributed by atoms with Crippen LogP contribution in [0.15, 0.2) is 0 Å². The molecule has 96 valence electrons. The first-order valence-corrected chi connectivity index (χ1v) is 6.52. The zero-order valence-electron chi connectivity index (χ0n) is 11.0. The predicted molar refractivity (Wildman–Crippen MR) is 66.5 cm³/mol. The molecule has 0 heterocycles. The predicted octanol–water partition coefficient (Wildman–Crippen LogP) is 1.80. The molecule has 1 saturated carbocycles. The van der Waals surface area contributed by atoms with Crippen LogP contribution in [-0.4, -0.2) is 37.5 Å². The summed E-state index contributed by atoms with van der Waals surface area (Å²) in [4.78, 5) is 0. The summed E-state index contributed by atoms with van der Waals surface area (Å²) in [6, 6.07) is 0. The van der Waals surface area contributed by atoms with Gasteiger partial charge in [0, 0.05) is 20.2 Å². The molecule has 0 aromatic heterocycles. The topological polar surface area (TPSA) is 41.5 Å². The Balaban J connectivity index is 2.43. The Kier molecular flexibility index (Phi) is 5.73. The number of rotatable bonds is 6. The van der Waals surface area contributed by atoms with Gasteiger partial charge in [-0.3, -0.25) is 0 Å². The zero-order chi connectivity index (χ0) is 12.0. The van der Waals surface area contributed by atoms with E-state index in [9.17, 15) is 5.11 Å². The SMILES string of the molecule is COCCNCC1(O)CCCCC1C(C)C. The third kappa shape index (κ3) is 3.72. The lowest BCUT2D eigenvalue weighted by atomic mass is 9.70. The van der Waals surface area contributed by atoms with E-state index in [1.165, 1.54) is 12.8 Å². The van der Waals surface area contributed by atoms with Gasteiger partial charge in [0.05, 0.1) is 12.2 Å². The fraction of sp³-hybridized carbons (Fsp3) is 1.00. The molecule has 16 heavy (non-hydrogen) atoms.